The number of carbonyl (C=O) groups is 1. The molecule has 1 aliphatic carbocycles. The zero-order valence-electron chi connectivity index (χ0n) is 17.2. The Morgan fingerprint density at radius 1 is 1.14 bits per heavy atom. The Hall–Kier alpha value is -2.31. The molecule has 1 aliphatic heterocycles. The average Bonchev–Trinajstić information content (AvgIpc) is 3.55. The topological polar surface area (TPSA) is 78.3 Å². The predicted molar refractivity (Wildman–Crippen MR) is 112 cm³/mol. The van der Waals surface area contributed by atoms with E-state index in [0.717, 1.165) is 30.5 Å². The molecular weight excluding hydrogens is 364 g/mol. The Kier molecular flexibility index (Phi) is 5.92. The zero-order chi connectivity index (χ0) is 20.4. The minimum Gasteiger partial charge on any atom is -0.395 e. The van der Waals surface area contributed by atoms with E-state index >= 15 is 0 Å². The fraction of sp³-hybridized carbons (Fsp3) is 0.522. The summed E-state index contributed by atoms with van der Waals surface area (Å²) in [5.74, 6) is 1.17. The number of aromatic nitrogens is 2. The van der Waals surface area contributed by atoms with Gasteiger partial charge in [0.05, 0.1) is 6.61 Å². The minimum absolute atomic E-state index is 0.0304. The van der Waals surface area contributed by atoms with Gasteiger partial charge in [-0.15, -0.1) is 0 Å². The van der Waals surface area contributed by atoms with Gasteiger partial charge in [0.15, 0.2) is 0 Å². The molecule has 4 rings (SSSR count). The molecule has 1 saturated carbocycles. The smallest absolute Gasteiger partial charge is 0.225 e. The highest BCUT2D eigenvalue weighted by molar-refractivity contribution is 5.81. The number of aliphatic hydroxyl groups excluding tert-OH is 1. The predicted octanol–water partition coefficient (Wildman–Crippen LogP) is 2.45. The van der Waals surface area contributed by atoms with E-state index in [1.807, 2.05) is 4.90 Å². The van der Waals surface area contributed by atoms with Crippen LogP contribution in [0.3, 0.4) is 0 Å². The van der Waals surface area contributed by atoms with Gasteiger partial charge in [-0.25, -0.2) is 9.97 Å². The lowest BCUT2D eigenvalue weighted by molar-refractivity contribution is -0.134. The summed E-state index contributed by atoms with van der Waals surface area (Å²) in [6, 6.07) is 8.61. The van der Waals surface area contributed by atoms with Crippen LogP contribution in [-0.4, -0.2) is 57.7 Å². The molecule has 29 heavy (non-hydrogen) atoms. The maximum atomic E-state index is 12.7. The number of carbonyl (C=O) groups excluding carboxylic acids is 1. The maximum Gasteiger partial charge on any atom is 0.225 e. The second-order valence-corrected chi connectivity index (χ2v) is 8.75. The average molecular weight is 395 g/mol. The van der Waals surface area contributed by atoms with Gasteiger partial charge in [0.25, 0.3) is 0 Å². The van der Waals surface area contributed by atoms with Crippen LogP contribution in [0.5, 0.6) is 0 Å². The lowest BCUT2D eigenvalue weighted by Crippen LogP contribution is -2.65. The monoisotopic (exact) mass is 394 g/mol. The molecule has 154 valence electrons. The number of rotatable bonds is 8. The summed E-state index contributed by atoms with van der Waals surface area (Å²) >= 11 is 0. The van der Waals surface area contributed by atoms with E-state index in [9.17, 15) is 9.90 Å². The van der Waals surface area contributed by atoms with Gasteiger partial charge in [0, 0.05) is 55.0 Å². The van der Waals surface area contributed by atoms with Crippen molar-refractivity contribution in [3.63, 3.8) is 0 Å². The van der Waals surface area contributed by atoms with Crippen LogP contribution in [0.4, 0.5) is 0 Å². The third kappa shape index (κ3) is 4.49. The first-order valence-electron chi connectivity index (χ1n) is 10.6. The van der Waals surface area contributed by atoms with Crippen LogP contribution in [0.15, 0.2) is 43.0 Å². The molecule has 2 fully saturated rings. The Bertz CT molecular complexity index is 821. The number of aliphatic hydroxyl groups is 1. The summed E-state index contributed by atoms with van der Waals surface area (Å²) in [7, 11) is 0. The molecule has 2 N–H and O–H groups in total. The van der Waals surface area contributed by atoms with Gasteiger partial charge in [-0.2, -0.15) is 0 Å². The first-order valence-corrected chi connectivity index (χ1v) is 10.6. The van der Waals surface area contributed by atoms with Crippen molar-refractivity contribution in [1.29, 1.82) is 0 Å². The molecule has 2 aliphatic rings. The molecule has 1 saturated heterocycles. The summed E-state index contributed by atoms with van der Waals surface area (Å²) in [5, 5.41) is 13.3. The lowest BCUT2D eigenvalue weighted by Gasteiger charge is -2.48. The van der Waals surface area contributed by atoms with E-state index in [4.69, 9.17) is 0 Å². The standard InChI is InChI=1S/C23H30N4O2/c1-15(2)11-27(23(29)18-7-8-18)12-20-22(21(13-28)26-20)17-5-3-16(4-6-17)19-9-24-14-25-10-19/h3-6,9-10,14-15,18,20-22,26,28H,7-8,11-13H2,1-2H3/t20-,21-,22-/m1/s1. The minimum atomic E-state index is 0.0304. The molecule has 0 unspecified atom stereocenters. The van der Waals surface area contributed by atoms with Crippen molar-refractivity contribution in [3.05, 3.63) is 48.5 Å². The second kappa shape index (κ2) is 8.59. The highest BCUT2D eigenvalue weighted by Crippen LogP contribution is 2.36. The van der Waals surface area contributed by atoms with Crippen molar-refractivity contribution in [3.8, 4) is 11.1 Å². The van der Waals surface area contributed by atoms with Crippen molar-refractivity contribution < 1.29 is 9.90 Å². The molecule has 3 atom stereocenters. The molecule has 6 heteroatoms. The van der Waals surface area contributed by atoms with Gasteiger partial charge in [-0.05, 0) is 29.9 Å². The van der Waals surface area contributed by atoms with E-state index in [2.05, 4.69) is 53.4 Å². The van der Waals surface area contributed by atoms with E-state index in [0.29, 0.717) is 18.4 Å². The van der Waals surface area contributed by atoms with Gasteiger partial charge in [-0.3, -0.25) is 4.79 Å². The van der Waals surface area contributed by atoms with Crippen molar-refractivity contribution in [1.82, 2.24) is 20.2 Å². The van der Waals surface area contributed by atoms with Gasteiger partial charge in [0.2, 0.25) is 5.91 Å². The van der Waals surface area contributed by atoms with Gasteiger partial charge in [0.1, 0.15) is 6.33 Å². The van der Waals surface area contributed by atoms with Crippen molar-refractivity contribution in [2.75, 3.05) is 19.7 Å². The fourth-order valence-corrected chi connectivity index (χ4v) is 4.31. The molecule has 2 aromatic rings. The first kappa shape index (κ1) is 20.0. The number of amides is 1. The molecular formula is C23H30N4O2. The zero-order valence-corrected chi connectivity index (χ0v) is 17.2. The SMILES string of the molecule is CC(C)CN(C[C@H]1N[C@H](CO)[C@@H]1c1ccc(-c2cncnc2)cc1)C(=O)C1CC1. The molecule has 1 aromatic heterocycles. The third-order valence-electron chi connectivity index (χ3n) is 5.92. The normalized spacial score (nSPS) is 23.7. The van der Waals surface area contributed by atoms with Crippen LogP contribution >= 0.6 is 0 Å². The van der Waals surface area contributed by atoms with E-state index in [-0.39, 0.29) is 30.5 Å². The summed E-state index contributed by atoms with van der Waals surface area (Å²) in [6.07, 6.45) is 7.19. The van der Waals surface area contributed by atoms with Crippen LogP contribution in [0, 0.1) is 11.8 Å². The van der Waals surface area contributed by atoms with Gasteiger partial charge in [-0.1, -0.05) is 38.1 Å². The fourth-order valence-electron chi connectivity index (χ4n) is 4.31. The van der Waals surface area contributed by atoms with Crippen LogP contribution in [0.1, 0.15) is 38.2 Å². The van der Waals surface area contributed by atoms with Crippen molar-refractivity contribution >= 4 is 5.91 Å². The van der Waals surface area contributed by atoms with E-state index in [1.165, 1.54) is 11.9 Å². The molecule has 6 nitrogen and oxygen atoms in total. The molecule has 0 radical (unpaired) electrons. The number of benzene rings is 1. The largest absolute Gasteiger partial charge is 0.395 e. The molecule has 2 heterocycles. The summed E-state index contributed by atoms with van der Waals surface area (Å²) in [5.41, 5.74) is 3.25. The van der Waals surface area contributed by atoms with Crippen LogP contribution < -0.4 is 5.32 Å². The van der Waals surface area contributed by atoms with E-state index in [1.54, 1.807) is 12.4 Å². The van der Waals surface area contributed by atoms with Gasteiger partial charge >= 0.3 is 0 Å². The Morgan fingerprint density at radius 2 is 1.83 bits per heavy atom. The third-order valence-corrected chi connectivity index (χ3v) is 5.92. The van der Waals surface area contributed by atoms with Crippen molar-refractivity contribution in [2.24, 2.45) is 11.8 Å². The summed E-state index contributed by atoms with van der Waals surface area (Å²) in [6.45, 7) is 5.89. The Labute approximate surface area is 172 Å². The molecule has 1 amide bonds. The van der Waals surface area contributed by atoms with E-state index < -0.39 is 0 Å². The van der Waals surface area contributed by atoms with Crippen molar-refractivity contribution in [2.45, 2.75) is 44.7 Å². The lowest BCUT2D eigenvalue weighted by atomic mass is 9.77. The second-order valence-electron chi connectivity index (χ2n) is 8.75. The summed E-state index contributed by atoms with van der Waals surface area (Å²) in [4.78, 5) is 23.0. The molecule has 1 aromatic carbocycles. The molecule has 0 spiro atoms. The van der Waals surface area contributed by atoms with Gasteiger partial charge < -0.3 is 15.3 Å². The first-order chi connectivity index (χ1) is 14.1. The highest BCUT2D eigenvalue weighted by atomic mass is 16.3. The Morgan fingerprint density at radius 3 is 2.41 bits per heavy atom. The Balaban J connectivity index is 1.49. The number of nitrogens with zero attached hydrogens (tertiary/aromatic N) is 3. The van der Waals surface area contributed by atoms with Crippen LogP contribution in [-0.2, 0) is 4.79 Å². The number of hydrogen-bond acceptors (Lipinski definition) is 5. The highest BCUT2D eigenvalue weighted by Gasteiger charge is 2.43. The molecule has 0 bridgehead atoms. The quantitative estimate of drug-likeness (QED) is 0.719. The summed E-state index contributed by atoms with van der Waals surface area (Å²) < 4.78 is 0. The number of nitrogens with one attached hydrogen (secondary N) is 1. The van der Waals surface area contributed by atoms with Crippen LogP contribution in [0.2, 0.25) is 0 Å². The maximum absolute atomic E-state index is 12.7. The van der Waals surface area contributed by atoms with Crippen LogP contribution in [0.25, 0.3) is 11.1 Å². The number of hydrogen-bond donors (Lipinski definition) is 2.